The number of ether oxygens (including phenoxy) is 1. The number of morpholine rings is 1. The smallest absolute Gasteiger partial charge is 0.269 e. The summed E-state index contributed by atoms with van der Waals surface area (Å²) in [6.45, 7) is 3.52. The third kappa shape index (κ3) is 4.15. The van der Waals surface area contributed by atoms with E-state index in [1.165, 1.54) is 0 Å². The molecule has 0 atom stereocenters. The fourth-order valence-electron chi connectivity index (χ4n) is 3.01. The lowest BCUT2D eigenvalue weighted by Gasteiger charge is -2.28. The number of H-pyrrole nitrogens is 1. The van der Waals surface area contributed by atoms with Crippen LogP contribution in [0, 0.1) is 0 Å². The van der Waals surface area contributed by atoms with Crippen LogP contribution in [-0.4, -0.2) is 47.4 Å². The van der Waals surface area contributed by atoms with Gasteiger partial charge in [0.05, 0.1) is 18.9 Å². The second-order valence-corrected chi connectivity index (χ2v) is 6.34. The van der Waals surface area contributed by atoms with Crippen LogP contribution >= 0.6 is 0 Å². The lowest BCUT2D eigenvalue weighted by atomic mass is 10.1. The number of hydrogen-bond acceptors (Lipinski definition) is 5. The summed E-state index contributed by atoms with van der Waals surface area (Å²) in [6, 6.07) is 15.4. The molecule has 27 heavy (non-hydrogen) atoms. The molecule has 0 radical (unpaired) electrons. The van der Waals surface area contributed by atoms with Crippen LogP contribution in [0.25, 0.3) is 11.3 Å². The second-order valence-electron chi connectivity index (χ2n) is 6.34. The normalized spacial score (nSPS) is 14.1. The molecule has 0 unspecified atom stereocenters. The molecule has 138 valence electrons. The minimum absolute atomic E-state index is 0.186. The minimum atomic E-state index is -0.186. The summed E-state index contributed by atoms with van der Waals surface area (Å²) in [5.41, 5.74) is 3.16. The summed E-state index contributed by atoms with van der Waals surface area (Å²) in [4.78, 5) is 19.0. The maximum absolute atomic E-state index is 12.4. The first-order valence-corrected chi connectivity index (χ1v) is 8.96. The Bertz CT molecular complexity index is 904. The first-order valence-electron chi connectivity index (χ1n) is 8.96. The average Bonchev–Trinajstić information content (AvgIpc) is 3.24. The summed E-state index contributed by atoms with van der Waals surface area (Å²) >= 11 is 0. The van der Waals surface area contributed by atoms with Crippen LogP contribution in [0.1, 0.15) is 16.1 Å². The Morgan fingerprint density at radius 1 is 1.15 bits per heavy atom. The van der Waals surface area contributed by atoms with Gasteiger partial charge in [0.1, 0.15) is 11.5 Å². The topological polar surface area (TPSA) is 83.1 Å². The van der Waals surface area contributed by atoms with Gasteiger partial charge in [0.25, 0.3) is 5.91 Å². The van der Waals surface area contributed by atoms with Crippen LogP contribution in [0.2, 0.25) is 0 Å². The zero-order valence-electron chi connectivity index (χ0n) is 14.9. The molecule has 3 aromatic rings. The molecular formula is C20H21N5O2. The molecule has 1 fully saturated rings. The number of benzene rings is 1. The first kappa shape index (κ1) is 17.2. The van der Waals surface area contributed by atoms with E-state index >= 15 is 0 Å². The fourth-order valence-corrected chi connectivity index (χ4v) is 3.01. The molecule has 7 heteroatoms. The largest absolute Gasteiger partial charge is 0.378 e. The Morgan fingerprint density at radius 2 is 1.96 bits per heavy atom. The highest BCUT2D eigenvalue weighted by Crippen LogP contribution is 2.17. The molecule has 3 heterocycles. The first-order chi connectivity index (χ1) is 13.3. The molecule has 1 amide bonds. The zero-order chi connectivity index (χ0) is 18.5. The fraction of sp³-hybridized carbons (Fsp3) is 0.250. The van der Waals surface area contributed by atoms with E-state index in [4.69, 9.17) is 4.74 Å². The van der Waals surface area contributed by atoms with E-state index in [2.05, 4.69) is 25.4 Å². The van der Waals surface area contributed by atoms with Crippen molar-refractivity contribution in [2.24, 2.45) is 0 Å². The lowest BCUT2D eigenvalue weighted by molar-refractivity contribution is 0.0946. The predicted molar refractivity (Wildman–Crippen MR) is 102 cm³/mol. The van der Waals surface area contributed by atoms with Gasteiger partial charge in [-0.1, -0.05) is 30.3 Å². The number of anilines is 1. The number of amides is 1. The SMILES string of the molecule is O=C(NCc1ccnc(N2CCOCC2)c1)c1cc(-c2ccccc2)n[nH]1. The van der Waals surface area contributed by atoms with Crippen molar-refractivity contribution >= 4 is 11.7 Å². The molecule has 1 saturated heterocycles. The molecule has 0 aliphatic carbocycles. The monoisotopic (exact) mass is 363 g/mol. The highest BCUT2D eigenvalue weighted by atomic mass is 16.5. The van der Waals surface area contributed by atoms with Gasteiger partial charge in [-0.05, 0) is 23.8 Å². The van der Waals surface area contributed by atoms with Crippen molar-refractivity contribution in [3.63, 3.8) is 0 Å². The molecule has 2 N–H and O–H groups in total. The number of carbonyl (C=O) groups is 1. The van der Waals surface area contributed by atoms with Gasteiger partial charge < -0.3 is 15.0 Å². The van der Waals surface area contributed by atoms with Crippen molar-refractivity contribution in [2.45, 2.75) is 6.54 Å². The van der Waals surface area contributed by atoms with E-state index in [1.807, 2.05) is 42.5 Å². The van der Waals surface area contributed by atoms with Crippen LogP contribution in [-0.2, 0) is 11.3 Å². The van der Waals surface area contributed by atoms with Crippen LogP contribution in [0.15, 0.2) is 54.7 Å². The van der Waals surface area contributed by atoms with Crippen molar-refractivity contribution < 1.29 is 9.53 Å². The van der Waals surface area contributed by atoms with Gasteiger partial charge in [0, 0.05) is 31.4 Å². The minimum Gasteiger partial charge on any atom is -0.378 e. The number of carbonyl (C=O) groups excluding carboxylic acids is 1. The molecule has 1 aliphatic heterocycles. The van der Waals surface area contributed by atoms with E-state index < -0.39 is 0 Å². The van der Waals surface area contributed by atoms with Crippen LogP contribution in [0.4, 0.5) is 5.82 Å². The van der Waals surface area contributed by atoms with Crippen molar-refractivity contribution in [3.8, 4) is 11.3 Å². The van der Waals surface area contributed by atoms with Gasteiger partial charge >= 0.3 is 0 Å². The molecule has 0 saturated carbocycles. The van der Waals surface area contributed by atoms with E-state index in [0.29, 0.717) is 25.5 Å². The van der Waals surface area contributed by atoms with E-state index in [-0.39, 0.29) is 5.91 Å². The van der Waals surface area contributed by atoms with Crippen molar-refractivity contribution in [3.05, 3.63) is 66.0 Å². The molecule has 4 rings (SSSR count). The van der Waals surface area contributed by atoms with Gasteiger partial charge in [0.15, 0.2) is 0 Å². The van der Waals surface area contributed by atoms with Gasteiger partial charge in [-0.2, -0.15) is 5.10 Å². The van der Waals surface area contributed by atoms with Crippen molar-refractivity contribution in [1.29, 1.82) is 0 Å². The number of rotatable bonds is 5. The highest BCUT2D eigenvalue weighted by Gasteiger charge is 2.14. The van der Waals surface area contributed by atoms with Crippen LogP contribution in [0.5, 0.6) is 0 Å². The highest BCUT2D eigenvalue weighted by molar-refractivity contribution is 5.93. The molecule has 2 aromatic heterocycles. The van der Waals surface area contributed by atoms with Gasteiger partial charge in [-0.15, -0.1) is 0 Å². The number of pyridine rings is 1. The Labute approximate surface area is 157 Å². The quantitative estimate of drug-likeness (QED) is 0.726. The molecule has 1 aromatic carbocycles. The molecule has 7 nitrogen and oxygen atoms in total. The van der Waals surface area contributed by atoms with Crippen molar-refractivity contribution in [2.75, 3.05) is 31.2 Å². The third-order valence-corrected chi connectivity index (χ3v) is 4.49. The Balaban J connectivity index is 1.39. The summed E-state index contributed by atoms with van der Waals surface area (Å²) < 4.78 is 5.38. The number of aromatic amines is 1. The Hall–Kier alpha value is -3.19. The number of nitrogens with one attached hydrogen (secondary N) is 2. The maximum atomic E-state index is 12.4. The van der Waals surface area contributed by atoms with Gasteiger partial charge in [0.2, 0.25) is 0 Å². The summed E-state index contributed by atoms with van der Waals surface area (Å²) in [5.74, 6) is 0.729. The second kappa shape index (κ2) is 8.01. The van der Waals surface area contributed by atoms with Crippen molar-refractivity contribution in [1.82, 2.24) is 20.5 Å². The zero-order valence-corrected chi connectivity index (χ0v) is 14.9. The van der Waals surface area contributed by atoms with Gasteiger partial charge in [-0.3, -0.25) is 9.89 Å². The van der Waals surface area contributed by atoms with E-state index in [1.54, 1.807) is 12.3 Å². The molecule has 0 bridgehead atoms. The molecular weight excluding hydrogens is 342 g/mol. The summed E-state index contributed by atoms with van der Waals surface area (Å²) in [7, 11) is 0. The lowest BCUT2D eigenvalue weighted by Crippen LogP contribution is -2.36. The Morgan fingerprint density at radius 3 is 2.78 bits per heavy atom. The summed E-state index contributed by atoms with van der Waals surface area (Å²) in [6.07, 6.45) is 1.77. The van der Waals surface area contributed by atoms with Crippen LogP contribution < -0.4 is 10.2 Å². The number of nitrogens with zero attached hydrogens (tertiary/aromatic N) is 3. The predicted octanol–water partition coefficient (Wildman–Crippen LogP) is 2.24. The number of hydrogen-bond donors (Lipinski definition) is 2. The third-order valence-electron chi connectivity index (χ3n) is 4.49. The average molecular weight is 363 g/mol. The molecule has 0 spiro atoms. The number of aromatic nitrogens is 3. The summed E-state index contributed by atoms with van der Waals surface area (Å²) in [5, 5.41) is 9.96. The van der Waals surface area contributed by atoms with Gasteiger partial charge in [-0.25, -0.2) is 4.98 Å². The van der Waals surface area contributed by atoms with E-state index in [0.717, 1.165) is 35.7 Å². The standard InChI is InChI=1S/C20H21N5O2/c26-20(18-13-17(23-24-18)16-4-2-1-3-5-16)22-14-15-6-7-21-19(12-15)25-8-10-27-11-9-25/h1-7,12-13H,8-11,14H2,(H,22,26)(H,23,24). The van der Waals surface area contributed by atoms with Crippen LogP contribution in [0.3, 0.4) is 0 Å². The Kier molecular flexibility index (Phi) is 5.11. The van der Waals surface area contributed by atoms with E-state index in [9.17, 15) is 4.79 Å². The maximum Gasteiger partial charge on any atom is 0.269 e. The molecule has 1 aliphatic rings.